The van der Waals surface area contributed by atoms with Crippen LogP contribution in [0.25, 0.3) is 11.2 Å². The number of nitrogen functional groups attached to an aromatic ring is 1. The molecule has 1 aromatic carbocycles. The van der Waals surface area contributed by atoms with Gasteiger partial charge in [0.25, 0.3) is 0 Å². The van der Waals surface area contributed by atoms with Crippen molar-refractivity contribution in [3.05, 3.63) is 46.4 Å². The molecule has 0 saturated carbocycles. The highest BCUT2D eigenvalue weighted by molar-refractivity contribution is 6.38. The van der Waals surface area contributed by atoms with Gasteiger partial charge in [-0.25, -0.2) is 0 Å². The second-order valence-corrected chi connectivity index (χ2v) is 4.93. The summed E-state index contributed by atoms with van der Waals surface area (Å²) in [5, 5.41) is 3.26. The van der Waals surface area contributed by atoms with Gasteiger partial charge in [-0.15, -0.1) is 0 Å². The van der Waals surface area contributed by atoms with Crippen LogP contribution in [0.5, 0.6) is 0 Å². The van der Waals surface area contributed by atoms with Crippen LogP contribution in [0.3, 0.4) is 0 Å². The molecule has 3 N–H and O–H groups in total. The molecular weight excluding hydrogens is 299 g/mol. The Labute approximate surface area is 125 Å². The van der Waals surface area contributed by atoms with Crippen molar-refractivity contribution in [3.8, 4) is 0 Å². The van der Waals surface area contributed by atoms with E-state index in [-0.39, 0.29) is 5.91 Å². The van der Waals surface area contributed by atoms with Crippen molar-refractivity contribution in [2.45, 2.75) is 6.92 Å². The number of hydrogen-bond donors (Lipinski definition) is 2. The molecule has 0 aliphatic rings. The van der Waals surface area contributed by atoms with E-state index in [1.165, 1.54) is 13.0 Å². The topological polar surface area (TPSA) is 68.3 Å². The summed E-state index contributed by atoms with van der Waals surface area (Å²) in [7, 11) is 0. The Kier molecular flexibility index (Phi) is 4.37. The Morgan fingerprint density at radius 1 is 1.15 bits per heavy atom. The van der Waals surface area contributed by atoms with Crippen LogP contribution >= 0.6 is 23.2 Å². The third-order valence-electron chi connectivity index (χ3n) is 2.44. The first-order valence-electron chi connectivity index (χ1n) is 5.76. The number of carbonyl (C=O) groups excluding carboxylic acids is 1. The smallest absolute Gasteiger partial charge is 0.221 e. The van der Waals surface area contributed by atoms with Crippen LogP contribution in [0.4, 0.5) is 11.4 Å². The summed E-state index contributed by atoms with van der Waals surface area (Å²) >= 11 is 11.5. The number of nitrogens with two attached hydrogens (primary N) is 1. The Balaban J connectivity index is 0.000000173. The van der Waals surface area contributed by atoms with Gasteiger partial charge in [-0.05, 0) is 36.4 Å². The number of nitrogens with one attached hydrogen (secondary N) is 1. The van der Waals surface area contributed by atoms with Crippen molar-refractivity contribution in [1.29, 1.82) is 0 Å². The average Bonchev–Trinajstić information content (AvgIpc) is 3.00. The second kappa shape index (κ2) is 6.03. The minimum atomic E-state index is -0.219. The molecule has 104 valence electrons. The first-order chi connectivity index (χ1) is 9.45. The van der Waals surface area contributed by atoms with Gasteiger partial charge >= 0.3 is 0 Å². The van der Waals surface area contributed by atoms with E-state index in [1.807, 2.05) is 24.3 Å². The summed E-state index contributed by atoms with van der Waals surface area (Å²) in [5.74, 6) is -0.219. The molecule has 2 bridgehead atoms. The third kappa shape index (κ3) is 3.56. The molecule has 0 aliphatic carbocycles. The molecule has 0 atom stereocenters. The molecule has 6 heteroatoms. The fraction of sp³-hybridized carbons (Fsp3) is 0.0714. The molecule has 0 fully saturated rings. The Bertz CT molecular complexity index is 680. The van der Waals surface area contributed by atoms with Crippen LogP contribution in [-0.2, 0) is 4.79 Å². The highest BCUT2D eigenvalue weighted by Gasteiger charge is 2.06. The molecule has 0 aliphatic heterocycles. The number of hydrogen-bond acceptors (Lipinski definition) is 3. The Morgan fingerprint density at radius 2 is 1.70 bits per heavy atom. The lowest BCUT2D eigenvalue weighted by atomic mass is 10.3. The molecule has 0 unspecified atom stereocenters. The predicted octanol–water partition coefficient (Wildman–Crippen LogP) is 4.40. The van der Waals surface area contributed by atoms with Crippen LogP contribution in [0, 0.1) is 0 Å². The maximum atomic E-state index is 10.7. The lowest BCUT2D eigenvalue weighted by Gasteiger charge is -2.07. The molecule has 0 spiro atoms. The second-order valence-electron chi connectivity index (χ2n) is 4.11. The summed E-state index contributed by atoms with van der Waals surface area (Å²) in [6.45, 7) is 1.38. The molecule has 4 nitrogen and oxygen atoms in total. The molecule has 3 rings (SSSR count). The minimum Gasteiger partial charge on any atom is -0.457 e. The zero-order valence-electron chi connectivity index (χ0n) is 10.6. The van der Waals surface area contributed by atoms with E-state index in [0.29, 0.717) is 21.4 Å². The van der Waals surface area contributed by atoms with Crippen molar-refractivity contribution in [2.75, 3.05) is 11.1 Å². The molecule has 0 radical (unpaired) electrons. The molecule has 1 amide bonds. The van der Waals surface area contributed by atoms with Crippen LogP contribution in [-0.4, -0.2) is 5.91 Å². The summed E-state index contributed by atoms with van der Waals surface area (Å²) in [6, 6.07) is 10.9. The standard InChI is InChI=1S/C8H8Cl2N2O.C6H4O/c1-4(13)12-7-3-5(9)2-6(11)8(7)10;1-2-6-4-3-5(1)7-6/h2-3H,11H2,1H3,(H,12,13);1-4H. The van der Waals surface area contributed by atoms with E-state index < -0.39 is 0 Å². The van der Waals surface area contributed by atoms with Gasteiger partial charge in [-0.3, -0.25) is 4.79 Å². The summed E-state index contributed by atoms with van der Waals surface area (Å²) in [4.78, 5) is 10.7. The zero-order chi connectivity index (χ0) is 14.7. The van der Waals surface area contributed by atoms with E-state index in [1.54, 1.807) is 6.07 Å². The summed E-state index contributed by atoms with van der Waals surface area (Å²) in [6.07, 6.45) is 0. The predicted molar refractivity (Wildman–Crippen MR) is 82.6 cm³/mol. The number of rotatable bonds is 1. The van der Waals surface area contributed by atoms with Crippen molar-refractivity contribution in [3.63, 3.8) is 0 Å². The van der Waals surface area contributed by atoms with E-state index in [4.69, 9.17) is 33.4 Å². The summed E-state index contributed by atoms with van der Waals surface area (Å²) < 4.78 is 5.08. The monoisotopic (exact) mass is 310 g/mol. The van der Waals surface area contributed by atoms with Gasteiger partial charge in [0.1, 0.15) is 11.2 Å². The van der Waals surface area contributed by atoms with Gasteiger partial charge in [0.05, 0.1) is 16.4 Å². The molecular formula is C14H12Cl2N2O2. The fourth-order valence-electron chi connectivity index (χ4n) is 1.60. The minimum absolute atomic E-state index is 0.219. The van der Waals surface area contributed by atoms with Gasteiger partial charge < -0.3 is 15.5 Å². The Hall–Kier alpha value is -1.91. The van der Waals surface area contributed by atoms with E-state index in [2.05, 4.69) is 5.32 Å². The van der Waals surface area contributed by atoms with Crippen molar-refractivity contribution in [1.82, 2.24) is 0 Å². The lowest BCUT2D eigenvalue weighted by molar-refractivity contribution is -0.114. The van der Waals surface area contributed by atoms with Crippen LogP contribution in [0.1, 0.15) is 6.92 Å². The number of furan rings is 2. The number of anilines is 2. The van der Waals surface area contributed by atoms with Crippen molar-refractivity contribution < 1.29 is 9.21 Å². The van der Waals surface area contributed by atoms with Gasteiger partial charge in [0.2, 0.25) is 5.91 Å². The zero-order valence-corrected chi connectivity index (χ0v) is 12.1. The maximum absolute atomic E-state index is 10.7. The number of halogens is 2. The fourth-order valence-corrected chi connectivity index (χ4v) is 1.99. The molecule has 0 saturated heterocycles. The van der Waals surface area contributed by atoms with Crippen molar-refractivity contribution >= 4 is 51.6 Å². The molecule has 3 aromatic rings. The van der Waals surface area contributed by atoms with Gasteiger partial charge in [0, 0.05) is 11.9 Å². The van der Waals surface area contributed by atoms with Crippen LogP contribution in [0.2, 0.25) is 10.0 Å². The first kappa shape index (κ1) is 14.5. The van der Waals surface area contributed by atoms with Crippen LogP contribution in [0.15, 0.2) is 40.8 Å². The SMILES string of the molecule is CC(=O)Nc1cc(Cl)cc(N)c1Cl.c1cc2ccc1o2. The average molecular weight is 311 g/mol. The lowest BCUT2D eigenvalue weighted by Crippen LogP contribution is -2.06. The number of benzene rings is 2. The van der Waals surface area contributed by atoms with Crippen LogP contribution < -0.4 is 11.1 Å². The molecule has 2 aromatic heterocycles. The number of fused-ring (bicyclic) bond motifs is 2. The van der Waals surface area contributed by atoms with E-state index >= 15 is 0 Å². The third-order valence-corrected chi connectivity index (χ3v) is 3.08. The highest BCUT2D eigenvalue weighted by atomic mass is 35.5. The number of carbonyl (C=O) groups is 1. The van der Waals surface area contributed by atoms with E-state index in [9.17, 15) is 4.79 Å². The van der Waals surface area contributed by atoms with E-state index in [0.717, 1.165) is 11.2 Å². The Morgan fingerprint density at radius 3 is 2.10 bits per heavy atom. The quantitative estimate of drug-likeness (QED) is 0.654. The normalized spacial score (nSPS) is 10.2. The molecule has 2 heterocycles. The highest BCUT2D eigenvalue weighted by Crippen LogP contribution is 2.31. The van der Waals surface area contributed by atoms with Gasteiger partial charge in [-0.1, -0.05) is 23.2 Å². The number of amides is 1. The van der Waals surface area contributed by atoms with Gasteiger partial charge in [0.15, 0.2) is 0 Å². The van der Waals surface area contributed by atoms with Gasteiger partial charge in [-0.2, -0.15) is 0 Å². The first-order valence-corrected chi connectivity index (χ1v) is 6.51. The van der Waals surface area contributed by atoms with Crippen molar-refractivity contribution in [2.24, 2.45) is 0 Å². The maximum Gasteiger partial charge on any atom is 0.221 e. The largest absolute Gasteiger partial charge is 0.457 e. The molecule has 20 heavy (non-hydrogen) atoms. The summed E-state index contributed by atoms with van der Waals surface area (Å²) in [5.41, 5.74) is 8.24.